The first-order valence-electron chi connectivity index (χ1n) is 8.52. The Balaban J connectivity index is 1.97. The summed E-state index contributed by atoms with van der Waals surface area (Å²) in [7, 11) is 0. The summed E-state index contributed by atoms with van der Waals surface area (Å²) in [5.41, 5.74) is 7.23. The van der Waals surface area contributed by atoms with E-state index in [0.29, 0.717) is 5.92 Å². The van der Waals surface area contributed by atoms with E-state index in [0.717, 1.165) is 16.6 Å². The minimum Gasteiger partial charge on any atom is -0.277 e. The number of aliphatic imine (C=N–C) groups is 1. The molecule has 0 amide bonds. The monoisotopic (exact) mass is 314 g/mol. The minimum absolute atomic E-state index is 0.113. The van der Waals surface area contributed by atoms with E-state index >= 15 is 0 Å². The lowest BCUT2D eigenvalue weighted by Gasteiger charge is -2.36. The maximum absolute atomic E-state index is 5.15. The number of rotatable bonds is 1. The maximum Gasteiger partial charge on any atom is 0.0729 e. The normalized spacial score (nSPS) is 19.0. The Morgan fingerprint density at radius 2 is 1.83 bits per heavy atom. The highest BCUT2D eigenvalue weighted by atomic mass is 14.9. The van der Waals surface area contributed by atoms with Gasteiger partial charge in [-0.3, -0.25) is 9.98 Å². The third-order valence-corrected chi connectivity index (χ3v) is 5.35. The van der Waals surface area contributed by atoms with Crippen LogP contribution < -0.4 is 0 Å². The molecule has 2 nitrogen and oxygen atoms in total. The summed E-state index contributed by atoms with van der Waals surface area (Å²) >= 11 is 0. The van der Waals surface area contributed by atoms with Crippen LogP contribution >= 0.6 is 0 Å². The van der Waals surface area contributed by atoms with Gasteiger partial charge in [-0.1, -0.05) is 37.3 Å². The summed E-state index contributed by atoms with van der Waals surface area (Å²) in [6, 6.07) is 17.1. The Labute approximate surface area is 143 Å². The molecule has 3 aromatic rings. The van der Waals surface area contributed by atoms with Gasteiger partial charge in [-0.2, -0.15) is 0 Å². The standard InChI is InChI=1S/C22H22N2/c1-14-7-5-9-18-20(14)15(2)22(3,4)24-21(18)17-10-11-19-16(13-17)8-6-12-23-19/h5-13,15H,1-4H3. The number of benzene rings is 2. The smallest absolute Gasteiger partial charge is 0.0729 e. The molecular formula is C22H22N2. The van der Waals surface area contributed by atoms with E-state index in [1.165, 1.54) is 22.3 Å². The third-order valence-electron chi connectivity index (χ3n) is 5.35. The van der Waals surface area contributed by atoms with Gasteiger partial charge in [0.05, 0.1) is 16.8 Å². The van der Waals surface area contributed by atoms with Crippen LogP contribution in [0.4, 0.5) is 0 Å². The van der Waals surface area contributed by atoms with Gasteiger partial charge in [0, 0.05) is 28.6 Å². The van der Waals surface area contributed by atoms with Gasteiger partial charge in [0.15, 0.2) is 0 Å². The summed E-state index contributed by atoms with van der Waals surface area (Å²) in [6.45, 7) is 8.96. The topological polar surface area (TPSA) is 25.2 Å². The largest absolute Gasteiger partial charge is 0.277 e. The Morgan fingerprint density at radius 3 is 2.67 bits per heavy atom. The van der Waals surface area contributed by atoms with Gasteiger partial charge in [-0.15, -0.1) is 0 Å². The fourth-order valence-corrected chi connectivity index (χ4v) is 3.70. The number of hydrogen-bond acceptors (Lipinski definition) is 2. The highest BCUT2D eigenvalue weighted by molar-refractivity contribution is 6.16. The predicted octanol–water partition coefficient (Wildman–Crippen LogP) is 5.28. The van der Waals surface area contributed by atoms with E-state index in [1.54, 1.807) is 0 Å². The predicted molar refractivity (Wildman–Crippen MR) is 101 cm³/mol. The number of pyridine rings is 1. The number of nitrogens with zero attached hydrogens (tertiary/aromatic N) is 2. The van der Waals surface area contributed by atoms with Crippen molar-refractivity contribution in [3.8, 4) is 0 Å². The summed E-state index contributed by atoms with van der Waals surface area (Å²) in [5.74, 6) is 0.402. The fourth-order valence-electron chi connectivity index (χ4n) is 3.70. The van der Waals surface area contributed by atoms with E-state index < -0.39 is 0 Å². The second-order valence-corrected chi connectivity index (χ2v) is 7.28. The molecule has 4 rings (SSSR count). The lowest BCUT2D eigenvalue weighted by atomic mass is 9.75. The van der Waals surface area contributed by atoms with Crippen molar-refractivity contribution in [1.82, 2.24) is 4.98 Å². The van der Waals surface area contributed by atoms with Crippen molar-refractivity contribution in [3.63, 3.8) is 0 Å². The van der Waals surface area contributed by atoms with Crippen LogP contribution in [0.2, 0.25) is 0 Å². The first-order chi connectivity index (χ1) is 11.5. The first kappa shape index (κ1) is 15.1. The Bertz CT molecular complexity index is 967. The average molecular weight is 314 g/mol. The molecule has 1 unspecified atom stereocenters. The van der Waals surface area contributed by atoms with Crippen molar-refractivity contribution in [3.05, 3.63) is 77.0 Å². The van der Waals surface area contributed by atoms with Crippen LogP contribution in [0, 0.1) is 6.92 Å². The highest BCUT2D eigenvalue weighted by Gasteiger charge is 2.35. The molecule has 1 aliphatic rings. The SMILES string of the molecule is Cc1cccc2c1C(C)C(C)(C)N=C2c1ccc2ncccc2c1. The molecule has 2 heteroatoms. The molecule has 0 aliphatic carbocycles. The van der Waals surface area contributed by atoms with Gasteiger partial charge in [-0.25, -0.2) is 0 Å². The van der Waals surface area contributed by atoms with Gasteiger partial charge >= 0.3 is 0 Å². The summed E-state index contributed by atoms with van der Waals surface area (Å²) in [4.78, 5) is 9.58. The van der Waals surface area contributed by atoms with Gasteiger partial charge in [-0.05, 0) is 50.1 Å². The molecule has 0 saturated heterocycles. The third kappa shape index (κ3) is 2.25. The molecule has 120 valence electrons. The zero-order chi connectivity index (χ0) is 16.9. The molecule has 0 spiro atoms. The second kappa shape index (κ2) is 5.27. The van der Waals surface area contributed by atoms with E-state index in [4.69, 9.17) is 4.99 Å². The van der Waals surface area contributed by atoms with E-state index in [1.807, 2.05) is 12.3 Å². The molecule has 0 fully saturated rings. The van der Waals surface area contributed by atoms with E-state index in [9.17, 15) is 0 Å². The van der Waals surface area contributed by atoms with Crippen LogP contribution in [0.25, 0.3) is 10.9 Å². The van der Waals surface area contributed by atoms with Crippen LogP contribution in [0.3, 0.4) is 0 Å². The van der Waals surface area contributed by atoms with Crippen LogP contribution in [0.15, 0.2) is 59.7 Å². The minimum atomic E-state index is -0.113. The quantitative estimate of drug-likeness (QED) is 0.600. The molecular weight excluding hydrogens is 292 g/mol. The van der Waals surface area contributed by atoms with Gasteiger partial charge in [0.2, 0.25) is 0 Å². The molecule has 0 N–H and O–H groups in total. The van der Waals surface area contributed by atoms with Gasteiger partial charge < -0.3 is 0 Å². The Hall–Kier alpha value is -2.48. The van der Waals surface area contributed by atoms with Crippen LogP contribution in [0.1, 0.15) is 48.9 Å². The zero-order valence-electron chi connectivity index (χ0n) is 14.7. The molecule has 1 aromatic heterocycles. The molecule has 2 heterocycles. The summed E-state index contributed by atoms with van der Waals surface area (Å²) < 4.78 is 0. The molecule has 0 radical (unpaired) electrons. The lowest BCUT2D eigenvalue weighted by molar-refractivity contribution is 0.431. The average Bonchev–Trinajstić information content (AvgIpc) is 2.58. The molecule has 1 atom stereocenters. The van der Waals surface area contributed by atoms with Crippen molar-refractivity contribution in [1.29, 1.82) is 0 Å². The number of aromatic nitrogens is 1. The van der Waals surface area contributed by atoms with Crippen molar-refractivity contribution < 1.29 is 0 Å². The van der Waals surface area contributed by atoms with E-state index in [2.05, 4.69) is 75.1 Å². The van der Waals surface area contributed by atoms with Gasteiger partial charge in [0.25, 0.3) is 0 Å². The van der Waals surface area contributed by atoms with Crippen molar-refractivity contribution in [2.45, 2.75) is 39.2 Å². The summed E-state index contributed by atoms with van der Waals surface area (Å²) in [5, 5.41) is 1.16. The number of aryl methyl sites for hydroxylation is 1. The Morgan fingerprint density at radius 1 is 1.00 bits per heavy atom. The second-order valence-electron chi connectivity index (χ2n) is 7.28. The molecule has 1 aliphatic heterocycles. The van der Waals surface area contributed by atoms with Crippen LogP contribution in [-0.4, -0.2) is 16.2 Å². The molecule has 0 bridgehead atoms. The Kier molecular flexibility index (Phi) is 3.31. The van der Waals surface area contributed by atoms with Crippen LogP contribution in [0.5, 0.6) is 0 Å². The maximum atomic E-state index is 5.15. The molecule has 0 saturated carbocycles. The summed E-state index contributed by atoms with van der Waals surface area (Å²) in [6.07, 6.45) is 1.84. The molecule has 24 heavy (non-hydrogen) atoms. The fraction of sp³-hybridized carbons (Fsp3) is 0.273. The number of hydrogen-bond donors (Lipinski definition) is 0. The first-order valence-corrected chi connectivity index (χ1v) is 8.52. The van der Waals surface area contributed by atoms with Crippen molar-refractivity contribution >= 4 is 16.6 Å². The van der Waals surface area contributed by atoms with Crippen molar-refractivity contribution in [2.75, 3.05) is 0 Å². The molecule has 2 aromatic carbocycles. The van der Waals surface area contributed by atoms with Crippen LogP contribution in [-0.2, 0) is 0 Å². The van der Waals surface area contributed by atoms with E-state index in [-0.39, 0.29) is 5.54 Å². The zero-order valence-corrected chi connectivity index (χ0v) is 14.7. The van der Waals surface area contributed by atoms with Crippen molar-refractivity contribution in [2.24, 2.45) is 4.99 Å². The van der Waals surface area contributed by atoms with Gasteiger partial charge in [0.1, 0.15) is 0 Å². The number of fused-ring (bicyclic) bond motifs is 2. The lowest BCUT2D eigenvalue weighted by Crippen LogP contribution is -2.33. The highest BCUT2D eigenvalue weighted by Crippen LogP contribution is 2.40.